The third-order valence-electron chi connectivity index (χ3n) is 5.88. The molecule has 0 saturated carbocycles. The lowest BCUT2D eigenvalue weighted by atomic mass is 9.88. The van der Waals surface area contributed by atoms with Gasteiger partial charge in [-0.15, -0.1) is 0 Å². The Morgan fingerprint density at radius 2 is 1.41 bits per heavy atom. The first-order chi connectivity index (χ1) is 16.6. The van der Waals surface area contributed by atoms with Crippen molar-refractivity contribution in [3.8, 4) is 0 Å². The van der Waals surface area contributed by atoms with E-state index in [4.69, 9.17) is 4.42 Å². The van der Waals surface area contributed by atoms with Gasteiger partial charge in [0.15, 0.2) is 0 Å². The van der Waals surface area contributed by atoms with Crippen LogP contribution in [0.4, 0.5) is 0 Å². The summed E-state index contributed by atoms with van der Waals surface area (Å²) in [5.74, 6) is 0.573. The van der Waals surface area contributed by atoms with Crippen LogP contribution in [0.3, 0.4) is 0 Å². The summed E-state index contributed by atoms with van der Waals surface area (Å²) in [6.07, 6.45) is 1.96. The second kappa shape index (κ2) is 11.1. The molecule has 34 heavy (non-hydrogen) atoms. The van der Waals surface area contributed by atoms with E-state index in [1.165, 1.54) is 0 Å². The summed E-state index contributed by atoms with van der Waals surface area (Å²) < 4.78 is 5.54. The molecule has 4 rings (SSSR count). The average molecular weight is 453 g/mol. The van der Waals surface area contributed by atoms with E-state index in [9.17, 15) is 9.59 Å². The van der Waals surface area contributed by atoms with E-state index in [-0.39, 0.29) is 17.7 Å². The van der Waals surface area contributed by atoms with Crippen LogP contribution in [0.5, 0.6) is 0 Å². The van der Waals surface area contributed by atoms with Crippen molar-refractivity contribution in [3.05, 3.63) is 131 Å². The van der Waals surface area contributed by atoms with Gasteiger partial charge in [-0.2, -0.15) is 0 Å². The van der Waals surface area contributed by atoms with Crippen LogP contribution in [0, 0.1) is 0 Å². The zero-order chi connectivity index (χ0) is 23.8. The molecule has 4 aromatic rings. The average Bonchev–Trinajstić information content (AvgIpc) is 3.41. The molecule has 0 aliphatic heterocycles. The highest BCUT2D eigenvalue weighted by atomic mass is 16.3. The summed E-state index contributed by atoms with van der Waals surface area (Å²) in [6, 6.07) is 31.3. The molecular weight excluding hydrogens is 424 g/mol. The second-order valence-corrected chi connectivity index (χ2v) is 8.18. The molecule has 0 unspecified atom stereocenters. The van der Waals surface area contributed by atoms with Gasteiger partial charge in [0.25, 0.3) is 5.91 Å². The smallest absolute Gasteiger partial charge is 0.251 e. The first kappa shape index (κ1) is 23.1. The van der Waals surface area contributed by atoms with Crippen LogP contribution in [0.2, 0.25) is 0 Å². The van der Waals surface area contributed by atoms with Gasteiger partial charge in [0.05, 0.1) is 12.8 Å². The molecule has 5 nitrogen and oxygen atoms in total. The van der Waals surface area contributed by atoms with Gasteiger partial charge in [0.1, 0.15) is 5.76 Å². The number of rotatable bonds is 9. The normalized spacial score (nSPS) is 10.8. The summed E-state index contributed by atoms with van der Waals surface area (Å²) in [4.78, 5) is 27.4. The maximum Gasteiger partial charge on any atom is 0.251 e. The highest BCUT2D eigenvalue weighted by molar-refractivity contribution is 5.93. The minimum absolute atomic E-state index is 0.0319. The summed E-state index contributed by atoms with van der Waals surface area (Å²) >= 11 is 0. The molecule has 0 bridgehead atoms. The lowest BCUT2D eigenvalue weighted by molar-refractivity contribution is -0.133. The minimum Gasteiger partial charge on any atom is -0.467 e. The van der Waals surface area contributed by atoms with E-state index in [1.54, 1.807) is 25.4 Å². The number of nitrogens with one attached hydrogen (secondary N) is 1. The summed E-state index contributed by atoms with van der Waals surface area (Å²) in [5.41, 5.74) is 3.75. The molecule has 3 aromatic carbocycles. The highest BCUT2D eigenvalue weighted by Gasteiger charge is 2.23. The molecule has 0 fully saturated rings. The van der Waals surface area contributed by atoms with Crippen molar-refractivity contribution >= 4 is 11.8 Å². The summed E-state index contributed by atoms with van der Waals surface area (Å²) in [5, 5.41) is 2.63. The van der Waals surface area contributed by atoms with Crippen LogP contribution < -0.4 is 5.32 Å². The van der Waals surface area contributed by atoms with Crippen molar-refractivity contribution in [2.75, 3.05) is 7.05 Å². The number of carbonyl (C=O) groups is 2. The molecule has 1 N–H and O–H groups in total. The fraction of sp³-hybridized carbons (Fsp3) is 0.172. The molecule has 0 spiro atoms. The van der Waals surface area contributed by atoms with Crippen LogP contribution in [0.15, 0.2) is 108 Å². The lowest BCUT2D eigenvalue weighted by Crippen LogP contribution is -2.31. The van der Waals surface area contributed by atoms with Crippen LogP contribution in [0.1, 0.15) is 45.1 Å². The fourth-order valence-corrected chi connectivity index (χ4v) is 4.05. The third-order valence-corrected chi connectivity index (χ3v) is 5.88. The van der Waals surface area contributed by atoms with Crippen molar-refractivity contribution in [3.63, 3.8) is 0 Å². The molecule has 1 aromatic heterocycles. The van der Waals surface area contributed by atoms with Crippen LogP contribution in [0.25, 0.3) is 0 Å². The number of amides is 2. The van der Waals surface area contributed by atoms with Gasteiger partial charge >= 0.3 is 0 Å². The lowest BCUT2D eigenvalue weighted by Gasteiger charge is -2.25. The van der Waals surface area contributed by atoms with Gasteiger partial charge < -0.3 is 14.6 Å². The predicted octanol–water partition coefficient (Wildman–Crippen LogP) is 5.39. The standard InChI is InChI=1S/C29H28N2O3/c1-30-29(33)25-16-14-22(15-17-25)20-31(21-26-13-8-18-34-26)28(32)19-27(23-9-4-2-5-10-23)24-11-6-3-7-12-24/h2-18,27H,19-21H2,1H3,(H,30,33). The van der Waals surface area contributed by atoms with E-state index in [2.05, 4.69) is 29.6 Å². The Hall–Kier alpha value is -4.12. The maximum atomic E-state index is 13.7. The van der Waals surface area contributed by atoms with E-state index < -0.39 is 0 Å². The fourth-order valence-electron chi connectivity index (χ4n) is 4.05. The number of nitrogens with zero attached hydrogens (tertiary/aromatic N) is 1. The monoisotopic (exact) mass is 452 g/mol. The molecule has 0 aliphatic rings. The van der Waals surface area contributed by atoms with Crippen molar-refractivity contribution in [2.24, 2.45) is 0 Å². The Kier molecular flexibility index (Phi) is 7.56. The molecule has 2 amide bonds. The highest BCUT2D eigenvalue weighted by Crippen LogP contribution is 2.29. The van der Waals surface area contributed by atoms with E-state index in [1.807, 2.05) is 65.6 Å². The van der Waals surface area contributed by atoms with Crippen LogP contribution in [-0.4, -0.2) is 23.8 Å². The summed E-state index contributed by atoms with van der Waals surface area (Å²) in [6.45, 7) is 0.795. The maximum absolute atomic E-state index is 13.7. The largest absolute Gasteiger partial charge is 0.467 e. The Morgan fingerprint density at radius 1 is 0.794 bits per heavy atom. The van der Waals surface area contributed by atoms with E-state index in [0.717, 1.165) is 22.5 Å². The Balaban J connectivity index is 1.58. The topological polar surface area (TPSA) is 62.6 Å². The first-order valence-electron chi connectivity index (χ1n) is 11.3. The van der Waals surface area contributed by atoms with Crippen molar-refractivity contribution in [1.29, 1.82) is 0 Å². The van der Waals surface area contributed by atoms with Gasteiger partial charge in [-0.25, -0.2) is 0 Å². The van der Waals surface area contributed by atoms with Gasteiger partial charge in [-0.05, 0) is 41.0 Å². The number of furan rings is 1. The number of hydrogen-bond donors (Lipinski definition) is 1. The van der Waals surface area contributed by atoms with Gasteiger partial charge in [-0.1, -0.05) is 72.8 Å². The molecule has 172 valence electrons. The quantitative estimate of drug-likeness (QED) is 0.370. The zero-order valence-corrected chi connectivity index (χ0v) is 19.2. The van der Waals surface area contributed by atoms with Crippen molar-refractivity contribution in [2.45, 2.75) is 25.4 Å². The van der Waals surface area contributed by atoms with E-state index in [0.29, 0.717) is 25.1 Å². The molecule has 5 heteroatoms. The Labute approximate surface area is 200 Å². The van der Waals surface area contributed by atoms with Gasteiger partial charge in [0.2, 0.25) is 5.91 Å². The molecule has 0 saturated heterocycles. The Bertz CT molecular complexity index is 1150. The van der Waals surface area contributed by atoms with E-state index >= 15 is 0 Å². The zero-order valence-electron chi connectivity index (χ0n) is 19.2. The molecule has 1 heterocycles. The number of hydrogen-bond acceptors (Lipinski definition) is 3. The second-order valence-electron chi connectivity index (χ2n) is 8.18. The van der Waals surface area contributed by atoms with Gasteiger partial charge in [0, 0.05) is 31.5 Å². The minimum atomic E-state index is -0.136. The molecule has 0 atom stereocenters. The molecule has 0 aliphatic carbocycles. The predicted molar refractivity (Wildman–Crippen MR) is 132 cm³/mol. The SMILES string of the molecule is CNC(=O)c1ccc(CN(Cc2ccco2)C(=O)CC(c2ccccc2)c2ccccc2)cc1. The third kappa shape index (κ3) is 5.81. The summed E-state index contributed by atoms with van der Waals surface area (Å²) in [7, 11) is 1.61. The molecular formula is C29H28N2O3. The van der Waals surface area contributed by atoms with Crippen molar-refractivity contribution in [1.82, 2.24) is 10.2 Å². The van der Waals surface area contributed by atoms with Crippen molar-refractivity contribution < 1.29 is 14.0 Å². The first-order valence-corrected chi connectivity index (χ1v) is 11.3. The van der Waals surface area contributed by atoms with Crippen LogP contribution >= 0.6 is 0 Å². The van der Waals surface area contributed by atoms with Gasteiger partial charge in [-0.3, -0.25) is 9.59 Å². The number of carbonyl (C=O) groups excluding carboxylic acids is 2. The Morgan fingerprint density at radius 3 is 1.94 bits per heavy atom. The van der Waals surface area contributed by atoms with Crippen LogP contribution in [-0.2, 0) is 17.9 Å². The molecule has 0 radical (unpaired) electrons. The number of benzene rings is 3.